The average molecular weight is 477 g/mol. The number of rotatable bonds is 7. The molecule has 2 aliphatic heterocycles. The zero-order valence-electron chi connectivity index (χ0n) is 21.4. The molecule has 2 heterocycles. The van der Waals surface area contributed by atoms with Crippen LogP contribution in [0.2, 0.25) is 18.1 Å². The van der Waals surface area contributed by atoms with Gasteiger partial charge in [0.1, 0.15) is 30.7 Å². The monoisotopic (exact) mass is 476 g/mol. The molecule has 2 fully saturated rings. The van der Waals surface area contributed by atoms with E-state index in [-0.39, 0.29) is 29.5 Å². The molecule has 33 heavy (non-hydrogen) atoms. The molecule has 184 valence electrons. The van der Waals surface area contributed by atoms with Crippen molar-refractivity contribution in [1.29, 1.82) is 0 Å². The van der Waals surface area contributed by atoms with E-state index in [0.717, 1.165) is 11.3 Å². The molecule has 7 heteroatoms. The molecule has 3 rings (SSSR count). The van der Waals surface area contributed by atoms with Crippen molar-refractivity contribution < 1.29 is 28.1 Å². The van der Waals surface area contributed by atoms with E-state index in [1.807, 2.05) is 38.1 Å². The van der Waals surface area contributed by atoms with Gasteiger partial charge in [-0.05, 0) is 49.7 Å². The lowest BCUT2D eigenvalue weighted by Gasteiger charge is -2.45. The highest BCUT2D eigenvalue weighted by atomic mass is 28.4. The summed E-state index contributed by atoms with van der Waals surface area (Å²) in [6, 6.07) is 7.84. The number of hydrogen-bond donors (Lipinski definition) is 0. The summed E-state index contributed by atoms with van der Waals surface area (Å²) >= 11 is 0. The Bertz CT molecular complexity index is 833. The lowest BCUT2D eigenvalue weighted by atomic mass is 9.98. The Kier molecular flexibility index (Phi) is 8.31. The van der Waals surface area contributed by atoms with Crippen LogP contribution in [0.5, 0.6) is 5.75 Å². The van der Waals surface area contributed by atoms with Crippen LogP contribution in [0.4, 0.5) is 0 Å². The second-order valence-electron chi connectivity index (χ2n) is 10.8. The first-order valence-electron chi connectivity index (χ1n) is 11.7. The third-order valence-corrected chi connectivity index (χ3v) is 11.1. The number of fused-ring (bicyclic) bond motifs is 1. The van der Waals surface area contributed by atoms with Crippen molar-refractivity contribution in [2.45, 2.75) is 96.0 Å². The molecule has 2 saturated heterocycles. The van der Waals surface area contributed by atoms with Gasteiger partial charge in [0, 0.05) is 6.42 Å². The molecule has 2 aliphatic rings. The van der Waals surface area contributed by atoms with E-state index in [2.05, 4.69) is 45.7 Å². The number of benzene rings is 1. The molecule has 1 aromatic carbocycles. The summed E-state index contributed by atoms with van der Waals surface area (Å²) < 4.78 is 36.2. The van der Waals surface area contributed by atoms with Crippen LogP contribution in [0.1, 0.15) is 46.6 Å². The number of methoxy groups -OCH3 is 1. The normalized spacial score (nSPS) is 26.9. The molecular weight excluding hydrogens is 436 g/mol. The summed E-state index contributed by atoms with van der Waals surface area (Å²) in [6.45, 7) is 16.5. The summed E-state index contributed by atoms with van der Waals surface area (Å²) in [5, 5.41) is 0.0838. The van der Waals surface area contributed by atoms with Crippen LogP contribution in [-0.2, 0) is 30.0 Å². The van der Waals surface area contributed by atoms with Gasteiger partial charge >= 0.3 is 0 Å². The first-order valence-corrected chi connectivity index (χ1v) is 14.6. The topological polar surface area (TPSA) is 55.4 Å². The van der Waals surface area contributed by atoms with Crippen LogP contribution in [0, 0.1) is 11.8 Å². The lowest BCUT2D eigenvalue weighted by Crippen LogP contribution is -2.57. The van der Waals surface area contributed by atoms with Crippen molar-refractivity contribution in [3.05, 3.63) is 29.8 Å². The van der Waals surface area contributed by atoms with Crippen LogP contribution in [0.15, 0.2) is 24.3 Å². The molecule has 0 spiro atoms. The van der Waals surface area contributed by atoms with Gasteiger partial charge in [0.2, 0.25) is 0 Å². The predicted octanol–water partition coefficient (Wildman–Crippen LogP) is 4.91. The maximum Gasteiger partial charge on any atom is 0.192 e. The Labute approximate surface area is 200 Å². The second kappa shape index (κ2) is 10.5. The Hall–Kier alpha value is -1.40. The fourth-order valence-corrected chi connectivity index (χ4v) is 5.12. The molecule has 0 radical (unpaired) electrons. The highest BCUT2D eigenvalue weighted by molar-refractivity contribution is 6.74. The smallest absolute Gasteiger partial charge is 0.192 e. The molecule has 0 amide bonds. The minimum Gasteiger partial charge on any atom is -0.497 e. The first-order chi connectivity index (χ1) is 15.4. The van der Waals surface area contributed by atoms with Gasteiger partial charge in [0.15, 0.2) is 14.1 Å². The van der Waals surface area contributed by atoms with Crippen molar-refractivity contribution >= 4 is 8.32 Å². The predicted molar refractivity (Wildman–Crippen MR) is 131 cm³/mol. The molecule has 0 bridgehead atoms. The van der Waals surface area contributed by atoms with Gasteiger partial charge in [-0.3, -0.25) is 0 Å². The average Bonchev–Trinajstić information content (AvgIpc) is 3.05. The van der Waals surface area contributed by atoms with Crippen LogP contribution in [-0.4, -0.2) is 58.8 Å². The van der Waals surface area contributed by atoms with Gasteiger partial charge in [-0.2, -0.15) is 0 Å². The van der Waals surface area contributed by atoms with E-state index >= 15 is 0 Å². The fourth-order valence-electron chi connectivity index (χ4n) is 3.80. The Morgan fingerprint density at radius 1 is 1.09 bits per heavy atom. The molecule has 0 aliphatic carbocycles. The zero-order valence-corrected chi connectivity index (χ0v) is 22.4. The van der Waals surface area contributed by atoms with Gasteiger partial charge in [0.25, 0.3) is 0 Å². The van der Waals surface area contributed by atoms with Crippen LogP contribution >= 0.6 is 0 Å². The van der Waals surface area contributed by atoms with Crippen LogP contribution in [0.25, 0.3) is 0 Å². The lowest BCUT2D eigenvalue weighted by molar-refractivity contribution is -0.156. The maximum atomic E-state index is 6.82. The molecule has 0 aromatic heterocycles. The van der Waals surface area contributed by atoms with E-state index in [9.17, 15) is 0 Å². The van der Waals surface area contributed by atoms with Crippen LogP contribution < -0.4 is 4.74 Å². The maximum absolute atomic E-state index is 6.82. The van der Waals surface area contributed by atoms with Crippen molar-refractivity contribution in [1.82, 2.24) is 0 Å². The summed E-state index contributed by atoms with van der Waals surface area (Å²) in [6.07, 6.45) is -0.0706. The fraction of sp³-hybridized carbons (Fsp3) is 0.692. The van der Waals surface area contributed by atoms with Crippen molar-refractivity contribution in [3.63, 3.8) is 0 Å². The molecule has 0 saturated carbocycles. The highest BCUT2D eigenvalue weighted by Gasteiger charge is 2.53. The molecule has 6 nitrogen and oxygen atoms in total. The van der Waals surface area contributed by atoms with Gasteiger partial charge in [-0.1, -0.05) is 44.7 Å². The minimum absolute atomic E-state index is 0.0838. The van der Waals surface area contributed by atoms with E-state index < -0.39 is 14.1 Å². The molecule has 1 aromatic rings. The van der Waals surface area contributed by atoms with Gasteiger partial charge < -0.3 is 28.1 Å². The summed E-state index contributed by atoms with van der Waals surface area (Å²) in [4.78, 5) is 0. The highest BCUT2D eigenvalue weighted by Crippen LogP contribution is 2.42. The Morgan fingerprint density at radius 2 is 1.79 bits per heavy atom. The van der Waals surface area contributed by atoms with Gasteiger partial charge in [0.05, 0.1) is 26.4 Å². The van der Waals surface area contributed by atoms with Crippen molar-refractivity contribution in [2.24, 2.45) is 0 Å². The summed E-state index contributed by atoms with van der Waals surface area (Å²) in [5.41, 5.74) is 1.09. The van der Waals surface area contributed by atoms with Crippen molar-refractivity contribution in [2.75, 3.05) is 20.3 Å². The zero-order chi connectivity index (χ0) is 24.3. The quantitative estimate of drug-likeness (QED) is 0.316. The number of ether oxygens (including phenoxy) is 5. The van der Waals surface area contributed by atoms with E-state index in [4.69, 9.17) is 28.1 Å². The van der Waals surface area contributed by atoms with E-state index in [0.29, 0.717) is 26.2 Å². The molecule has 0 unspecified atom stereocenters. The third kappa shape index (κ3) is 6.81. The van der Waals surface area contributed by atoms with Crippen LogP contribution in [0.3, 0.4) is 0 Å². The van der Waals surface area contributed by atoms with Crippen molar-refractivity contribution in [3.8, 4) is 17.6 Å². The Balaban J connectivity index is 1.59. The summed E-state index contributed by atoms with van der Waals surface area (Å²) in [5.74, 6) is 6.56. The second-order valence-corrected chi connectivity index (χ2v) is 15.5. The largest absolute Gasteiger partial charge is 0.497 e. The standard InChI is InChI=1S/C26H40O6Si/c1-25(2,3)33(7,8)32-24-21(29-18-22-23(24)31-26(4,5)30-22)11-9-10-16-28-17-19-12-14-20(27-6)15-13-19/h12-15,21-24H,11,16-18H2,1-8H3/t21-,22-,23-,24-/m1/s1. The molecule has 0 N–H and O–H groups in total. The number of hydrogen-bond acceptors (Lipinski definition) is 6. The van der Waals surface area contributed by atoms with Gasteiger partial charge in [-0.25, -0.2) is 0 Å². The first kappa shape index (κ1) is 26.2. The summed E-state index contributed by atoms with van der Waals surface area (Å²) in [7, 11) is -0.384. The Morgan fingerprint density at radius 3 is 2.42 bits per heavy atom. The third-order valence-electron chi connectivity index (χ3n) is 6.65. The van der Waals surface area contributed by atoms with Gasteiger partial charge in [-0.15, -0.1) is 0 Å². The van der Waals surface area contributed by atoms with E-state index in [1.165, 1.54) is 0 Å². The van der Waals surface area contributed by atoms with E-state index in [1.54, 1.807) is 7.11 Å². The minimum atomic E-state index is -2.04. The SMILES string of the molecule is COc1ccc(COCC#CC[C@H]2OC[C@H]3OC(C)(C)O[C@H]3[C@@H]2O[Si](C)(C)C(C)(C)C)cc1. The molecule has 4 atom stereocenters. The molecular formula is C26H40O6Si.